The van der Waals surface area contributed by atoms with Crippen LogP contribution in [0.4, 0.5) is 0 Å². The first-order chi connectivity index (χ1) is 7.31. The first kappa shape index (κ1) is 9.16. The van der Waals surface area contributed by atoms with Crippen LogP contribution in [0, 0.1) is 11.3 Å². The summed E-state index contributed by atoms with van der Waals surface area (Å²) in [4.78, 5) is 11.7. The molecule has 0 saturated heterocycles. The van der Waals surface area contributed by atoms with Crippen molar-refractivity contribution in [1.82, 2.24) is 5.16 Å². The molecule has 0 amide bonds. The van der Waals surface area contributed by atoms with Crippen molar-refractivity contribution in [2.24, 2.45) is 0 Å². The average Bonchev–Trinajstić information content (AvgIpc) is 2.78. The number of nitrogens with zero attached hydrogens (tertiary/aromatic N) is 2. The maximum atomic E-state index is 11.7. The van der Waals surface area contributed by atoms with E-state index < -0.39 is 0 Å². The van der Waals surface area contributed by atoms with Crippen LogP contribution < -0.4 is 0 Å². The fourth-order valence-electron chi connectivity index (χ4n) is 1.17. The highest BCUT2D eigenvalue weighted by atomic mass is 16.5. The number of aromatic nitrogens is 1. The minimum Gasteiger partial charge on any atom is -0.345 e. The van der Waals surface area contributed by atoms with Gasteiger partial charge in [0.2, 0.25) is 11.5 Å². The highest BCUT2D eigenvalue weighted by Crippen LogP contribution is 2.09. The topological polar surface area (TPSA) is 66.9 Å². The molecule has 0 aliphatic heterocycles. The average molecular weight is 198 g/mol. The Morgan fingerprint density at radius 3 is 2.67 bits per heavy atom. The second-order valence-corrected chi connectivity index (χ2v) is 2.88. The summed E-state index contributed by atoms with van der Waals surface area (Å²) in [7, 11) is 0. The van der Waals surface area contributed by atoms with Gasteiger partial charge in [0.05, 0.1) is 0 Å². The van der Waals surface area contributed by atoms with Gasteiger partial charge in [-0.15, -0.1) is 0 Å². The largest absolute Gasteiger partial charge is 0.345 e. The Labute approximate surface area is 85.7 Å². The maximum Gasteiger partial charge on any atom is 0.236 e. The number of hydrogen-bond acceptors (Lipinski definition) is 4. The molecule has 2 rings (SSSR count). The number of carbonyl (C=O) groups excluding carboxylic acids is 1. The first-order valence-corrected chi connectivity index (χ1v) is 4.28. The lowest BCUT2D eigenvalue weighted by Crippen LogP contribution is -2.00. The van der Waals surface area contributed by atoms with E-state index in [4.69, 9.17) is 5.26 Å². The molecule has 0 N–H and O–H groups in total. The number of ketones is 1. The lowest BCUT2D eigenvalue weighted by atomic mass is 10.1. The molecule has 4 nitrogen and oxygen atoms in total. The SMILES string of the molecule is N#Cc1cc(C(=O)c2ccccc2)no1. The normalized spacial score (nSPS) is 9.53. The van der Waals surface area contributed by atoms with Gasteiger partial charge < -0.3 is 4.52 Å². The van der Waals surface area contributed by atoms with E-state index in [9.17, 15) is 4.79 Å². The minimum absolute atomic E-state index is 0.0364. The molecular weight excluding hydrogens is 192 g/mol. The Kier molecular flexibility index (Phi) is 2.30. The van der Waals surface area contributed by atoms with Gasteiger partial charge >= 0.3 is 0 Å². The Morgan fingerprint density at radius 1 is 1.33 bits per heavy atom. The van der Waals surface area contributed by atoms with Crippen molar-refractivity contribution in [2.45, 2.75) is 0 Å². The second-order valence-electron chi connectivity index (χ2n) is 2.88. The van der Waals surface area contributed by atoms with Crippen molar-refractivity contribution in [3.63, 3.8) is 0 Å². The van der Waals surface area contributed by atoms with Crippen molar-refractivity contribution >= 4 is 5.78 Å². The number of rotatable bonds is 2. The molecular formula is C11H6N2O2. The van der Waals surface area contributed by atoms with E-state index in [1.807, 2.05) is 6.07 Å². The highest BCUT2D eigenvalue weighted by Gasteiger charge is 2.13. The van der Waals surface area contributed by atoms with Gasteiger partial charge in [-0.3, -0.25) is 4.79 Å². The van der Waals surface area contributed by atoms with Crippen LogP contribution in [0.3, 0.4) is 0 Å². The van der Waals surface area contributed by atoms with Crippen LogP contribution in [0.15, 0.2) is 40.9 Å². The summed E-state index contributed by atoms with van der Waals surface area (Å²) < 4.78 is 4.62. The van der Waals surface area contributed by atoms with E-state index in [1.165, 1.54) is 6.07 Å². The molecule has 2 aromatic rings. The van der Waals surface area contributed by atoms with E-state index in [2.05, 4.69) is 9.68 Å². The van der Waals surface area contributed by atoms with E-state index in [0.717, 1.165) is 0 Å². The summed E-state index contributed by atoms with van der Waals surface area (Å²) in [5.41, 5.74) is 0.674. The van der Waals surface area contributed by atoms with E-state index in [1.54, 1.807) is 30.3 Å². The molecule has 0 atom stereocenters. The van der Waals surface area contributed by atoms with Gasteiger partial charge in [-0.05, 0) is 0 Å². The lowest BCUT2D eigenvalue weighted by molar-refractivity contribution is 0.103. The van der Waals surface area contributed by atoms with Crippen molar-refractivity contribution in [2.75, 3.05) is 0 Å². The number of hydrogen-bond donors (Lipinski definition) is 0. The van der Waals surface area contributed by atoms with Crippen molar-refractivity contribution < 1.29 is 9.32 Å². The van der Waals surface area contributed by atoms with Crippen molar-refractivity contribution in [1.29, 1.82) is 5.26 Å². The Bertz CT molecular complexity index is 523. The number of nitriles is 1. The predicted molar refractivity (Wildman–Crippen MR) is 51.1 cm³/mol. The third-order valence-electron chi connectivity index (χ3n) is 1.89. The molecule has 15 heavy (non-hydrogen) atoms. The van der Waals surface area contributed by atoms with Crippen LogP contribution in [0.5, 0.6) is 0 Å². The molecule has 1 heterocycles. The maximum absolute atomic E-state index is 11.7. The quantitative estimate of drug-likeness (QED) is 0.690. The van der Waals surface area contributed by atoms with Crippen LogP contribution in [0.2, 0.25) is 0 Å². The zero-order chi connectivity index (χ0) is 10.7. The third kappa shape index (κ3) is 1.76. The van der Waals surface area contributed by atoms with Crippen LogP contribution in [0.1, 0.15) is 21.8 Å². The Morgan fingerprint density at radius 2 is 2.07 bits per heavy atom. The number of benzene rings is 1. The number of carbonyl (C=O) groups is 1. The van der Waals surface area contributed by atoms with Crippen LogP contribution in [-0.4, -0.2) is 10.9 Å². The zero-order valence-corrected chi connectivity index (χ0v) is 7.68. The van der Waals surface area contributed by atoms with Gasteiger partial charge in [-0.25, -0.2) is 0 Å². The van der Waals surface area contributed by atoms with Crippen molar-refractivity contribution in [3.8, 4) is 6.07 Å². The van der Waals surface area contributed by atoms with Crippen LogP contribution in [0.25, 0.3) is 0 Å². The molecule has 0 radical (unpaired) electrons. The van der Waals surface area contributed by atoms with Crippen LogP contribution >= 0.6 is 0 Å². The molecule has 0 aliphatic rings. The van der Waals surface area contributed by atoms with Gasteiger partial charge in [0, 0.05) is 11.6 Å². The first-order valence-electron chi connectivity index (χ1n) is 4.28. The Balaban J connectivity index is 2.34. The summed E-state index contributed by atoms with van der Waals surface area (Å²) in [6.45, 7) is 0. The summed E-state index contributed by atoms with van der Waals surface area (Å²) in [5, 5.41) is 12.0. The van der Waals surface area contributed by atoms with Gasteiger partial charge in [0.1, 0.15) is 6.07 Å². The molecule has 1 aromatic carbocycles. The lowest BCUT2D eigenvalue weighted by Gasteiger charge is -1.93. The zero-order valence-electron chi connectivity index (χ0n) is 7.68. The fourth-order valence-corrected chi connectivity index (χ4v) is 1.17. The van der Waals surface area contributed by atoms with Gasteiger partial charge in [-0.1, -0.05) is 35.5 Å². The summed E-state index contributed by atoms with van der Waals surface area (Å²) in [6, 6.07) is 11.8. The van der Waals surface area contributed by atoms with Gasteiger partial charge in [0.25, 0.3) is 0 Å². The second kappa shape index (κ2) is 3.76. The summed E-state index contributed by atoms with van der Waals surface area (Å²) >= 11 is 0. The molecule has 0 bridgehead atoms. The van der Waals surface area contributed by atoms with Gasteiger partial charge in [0.15, 0.2) is 5.69 Å². The van der Waals surface area contributed by atoms with Crippen LogP contribution in [-0.2, 0) is 0 Å². The van der Waals surface area contributed by atoms with E-state index >= 15 is 0 Å². The fraction of sp³-hybridized carbons (Fsp3) is 0. The standard InChI is InChI=1S/C11H6N2O2/c12-7-9-6-10(13-15-9)11(14)8-4-2-1-3-5-8/h1-6H. The monoisotopic (exact) mass is 198 g/mol. The molecule has 0 spiro atoms. The molecule has 0 aliphatic carbocycles. The van der Waals surface area contributed by atoms with E-state index in [0.29, 0.717) is 5.56 Å². The predicted octanol–water partition coefficient (Wildman–Crippen LogP) is 1.78. The molecule has 1 aromatic heterocycles. The molecule has 72 valence electrons. The molecule has 0 unspecified atom stereocenters. The van der Waals surface area contributed by atoms with Crippen molar-refractivity contribution in [3.05, 3.63) is 53.4 Å². The minimum atomic E-state index is -0.249. The highest BCUT2D eigenvalue weighted by molar-refractivity contribution is 6.07. The molecule has 4 heteroatoms. The smallest absolute Gasteiger partial charge is 0.236 e. The Hall–Kier alpha value is -2.41. The van der Waals surface area contributed by atoms with Gasteiger partial charge in [-0.2, -0.15) is 5.26 Å². The molecule has 0 fully saturated rings. The molecule has 0 saturated carbocycles. The summed E-state index contributed by atoms with van der Waals surface area (Å²) in [5.74, 6) is -0.213. The third-order valence-corrected chi connectivity index (χ3v) is 1.89. The summed E-state index contributed by atoms with van der Waals surface area (Å²) in [6.07, 6.45) is 0. The van der Waals surface area contributed by atoms with E-state index in [-0.39, 0.29) is 17.2 Å².